The van der Waals surface area contributed by atoms with E-state index in [0.29, 0.717) is 16.3 Å². The monoisotopic (exact) mass is 656 g/mol. The first kappa shape index (κ1) is 27.3. The summed E-state index contributed by atoms with van der Waals surface area (Å²) in [5, 5.41) is 0.590. The summed E-state index contributed by atoms with van der Waals surface area (Å²) in [7, 11) is 1.56. The molecular weight excluding hydrogens is 634 g/mol. The molecule has 0 spiro atoms. The van der Waals surface area contributed by atoms with Crippen molar-refractivity contribution in [3.63, 3.8) is 0 Å². The zero-order valence-corrected chi connectivity index (χ0v) is 23.6. The summed E-state index contributed by atoms with van der Waals surface area (Å²) in [5.74, 6) is 0.530. The number of ether oxygens (including phenoxy) is 2. The van der Waals surface area contributed by atoms with E-state index < -0.39 is 11.2 Å². The molecule has 37 heavy (non-hydrogen) atoms. The van der Waals surface area contributed by atoms with E-state index in [-0.39, 0.29) is 56.5 Å². The van der Waals surface area contributed by atoms with Gasteiger partial charge in [-0.25, -0.2) is 4.79 Å². The van der Waals surface area contributed by atoms with Crippen LogP contribution in [-0.2, 0) is 24.7 Å². The standard InChI is InChI=1S/C24H23ClIN4O6P/c1-28-21-20(22(32)29(24(28)33)9-10-36-37-26)30(14-16-5-7-18(25)8-6-16)23(27-21)35-12-11-34-19-4-2-3-17(13-19)15-31/h2-8,13,15,37H,9-12,14H2,1H3. The van der Waals surface area contributed by atoms with Gasteiger partial charge in [0.15, 0.2) is 11.2 Å². The summed E-state index contributed by atoms with van der Waals surface area (Å²) in [6.07, 6.45) is 0.744. The Balaban J connectivity index is 1.67. The fourth-order valence-electron chi connectivity index (χ4n) is 3.72. The van der Waals surface area contributed by atoms with Crippen molar-refractivity contribution in [1.29, 1.82) is 0 Å². The van der Waals surface area contributed by atoms with E-state index in [1.54, 1.807) is 48.0 Å². The number of nitrogens with zero attached hydrogens (tertiary/aromatic N) is 4. The Kier molecular flexibility index (Phi) is 9.36. The van der Waals surface area contributed by atoms with E-state index in [9.17, 15) is 14.4 Å². The number of rotatable bonds is 12. The summed E-state index contributed by atoms with van der Waals surface area (Å²) in [6.45, 7) is 1.13. The number of benzene rings is 2. The molecule has 4 aromatic rings. The summed E-state index contributed by atoms with van der Waals surface area (Å²) < 4.78 is 21.1. The van der Waals surface area contributed by atoms with Crippen LogP contribution in [0.3, 0.4) is 0 Å². The second-order valence-corrected chi connectivity index (χ2v) is 10.1. The van der Waals surface area contributed by atoms with Crippen LogP contribution in [0.25, 0.3) is 11.2 Å². The largest absolute Gasteiger partial charge is 0.490 e. The van der Waals surface area contributed by atoms with Crippen LogP contribution in [0.15, 0.2) is 58.1 Å². The van der Waals surface area contributed by atoms with Crippen LogP contribution in [-0.4, -0.2) is 44.8 Å². The topological polar surface area (TPSA) is 107 Å². The predicted octanol–water partition coefficient (Wildman–Crippen LogP) is 3.83. The fourth-order valence-corrected chi connectivity index (χ4v) is 4.68. The molecule has 0 saturated heterocycles. The van der Waals surface area contributed by atoms with Crippen molar-refractivity contribution in [2.24, 2.45) is 7.05 Å². The number of halogens is 2. The van der Waals surface area contributed by atoms with E-state index >= 15 is 0 Å². The smallest absolute Gasteiger partial charge is 0.332 e. The molecule has 0 N–H and O–H groups in total. The Morgan fingerprint density at radius 3 is 2.54 bits per heavy atom. The van der Waals surface area contributed by atoms with Gasteiger partial charge in [-0.05, 0) is 51.9 Å². The zero-order valence-electron chi connectivity index (χ0n) is 19.7. The third-order valence-electron chi connectivity index (χ3n) is 5.50. The van der Waals surface area contributed by atoms with Crippen molar-refractivity contribution in [3.8, 4) is 11.8 Å². The van der Waals surface area contributed by atoms with E-state index in [2.05, 4.69) is 27.0 Å². The third-order valence-corrected chi connectivity index (χ3v) is 7.00. The number of imidazole rings is 1. The second-order valence-electron chi connectivity index (χ2n) is 7.89. The number of carbonyl (C=O) groups is 1. The number of hydrogen-bond acceptors (Lipinski definition) is 7. The van der Waals surface area contributed by atoms with Crippen molar-refractivity contribution in [2.45, 2.75) is 13.1 Å². The van der Waals surface area contributed by atoms with E-state index in [0.717, 1.165) is 16.4 Å². The first-order chi connectivity index (χ1) is 17.9. The lowest BCUT2D eigenvalue weighted by Gasteiger charge is -2.12. The summed E-state index contributed by atoms with van der Waals surface area (Å²) in [6, 6.07) is 14.1. The van der Waals surface area contributed by atoms with Crippen molar-refractivity contribution in [2.75, 3.05) is 19.8 Å². The van der Waals surface area contributed by atoms with Gasteiger partial charge in [0.1, 0.15) is 25.2 Å². The molecule has 10 nitrogen and oxygen atoms in total. The van der Waals surface area contributed by atoms with Gasteiger partial charge in [0, 0.05) is 17.6 Å². The van der Waals surface area contributed by atoms with Gasteiger partial charge in [-0.2, -0.15) is 4.98 Å². The van der Waals surface area contributed by atoms with Crippen LogP contribution in [0.2, 0.25) is 5.02 Å². The van der Waals surface area contributed by atoms with Gasteiger partial charge < -0.3 is 14.0 Å². The molecule has 13 heteroatoms. The lowest BCUT2D eigenvalue weighted by atomic mass is 10.2. The van der Waals surface area contributed by atoms with Gasteiger partial charge >= 0.3 is 5.69 Å². The van der Waals surface area contributed by atoms with Crippen molar-refractivity contribution < 1.29 is 18.8 Å². The normalized spacial score (nSPS) is 11.4. The van der Waals surface area contributed by atoms with Gasteiger partial charge in [0.25, 0.3) is 11.6 Å². The Labute approximate surface area is 231 Å². The third kappa shape index (κ3) is 6.40. The Morgan fingerprint density at radius 2 is 1.81 bits per heavy atom. The summed E-state index contributed by atoms with van der Waals surface area (Å²) in [4.78, 5) is 41.8. The number of aromatic nitrogens is 4. The minimum atomic E-state index is -0.487. The molecule has 2 aromatic carbocycles. The van der Waals surface area contributed by atoms with Crippen molar-refractivity contribution >= 4 is 57.5 Å². The average Bonchev–Trinajstić information content (AvgIpc) is 3.27. The van der Waals surface area contributed by atoms with Crippen LogP contribution in [0, 0.1) is 0 Å². The van der Waals surface area contributed by atoms with Crippen LogP contribution in [0.1, 0.15) is 15.9 Å². The van der Waals surface area contributed by atoms with Crippen molar-refractivity contribution in [1.82, 2.24) is 18.7 Å². The van der Waals surface area contributed by atoms with E-state index in [4.69, 9.17) is 25.6 Å². The molecule has 194 valence electrons. The Hall–Kier alpha value is -2.73. The van der Waals surface area contributed by atoms with Gasteiger partial charge in [-0.15, -0.1) is 0 Å². The minimum absolute atomic E-state index is 0.113. The second kappa shape index (κ2) is 12.7. The highest BCUT2D eigenvalue weighted by atomic mass is 127. The maximum absolute atomic E-state index is 13.5. The molecule has 0 aliphatic heterocycles. The van der Waals surface area contributed by atoms with Crippen LogP contribution >= 0.6 is 40.1 Å². The molecule has 0 aliphatic carbocycles. The van der Waals surface area contributed by atoms with Gasteiger partial charge in [0.05, 0.1) is 26.1 Å². The van der Waals surface area contributed by atoms with E-state index in [1.807, 2.05) is 12.1 Å². The van der Waals surface area contributed by atoms with Crippen LogP contribution in [0.5, 0.6) is 11.8 Å². The molecule has 0 saturated carbocycles. The Bertz CT molecular complexity index is 1520. The van der Waals surface area contributed by atoms with E-state index in [1.165, 1.54) is 4.57 Å². The molecule has 0 amide bonds. The molecule has 0 bridgehead atoms. The summed E-state index contributed by atoms with van der Waals surface area (Å²) >= 11 is 8.12. The number of aldehydes is 1. The van der Waals surface area contributed by atoms with Crippen LogP contribution < -0.4 is 20.7 Å². The number of fused-ring (bicyclic) bond motifs is 1. The fraction of sp³-hybridized carbons (Fsp3) is 0.250. The molecular formula is C24H23ClIN4O6P. The highest BCUT2D eigenvalue weighted by Gasteiger charge is 2.21. The van der Waals surface area contributed by atoms with Crippen molar-refractivity contribution in [3.05, 3.63) is 85.5 Å². The maximum Gasteiger partial charge on any atom is 0.332 e. The lowest BCUT2D eigenvalue weighted by Crippen LogP contribution is -2.40. The van der Waals surface area contributed by atoms with Gasteiger partial charge in [-0.1, -0.05) is 35.9 Å². The molecule has 0 aliphatic rings. The molecule has 0 fully saturated rings. The average molecular weight is 657 g/mol. The molecule has 1 unspecified atom stereocenters. The zero-order chi connectivity index (χ0) is 26.4. The molecule has 0 radical (unpaired) electrons. The lowest BCUT2D eigenvalue weighted by molar-refractivity contribution is 0.112. The van der Waals surface area contributed by atoms with Crippen LogP contribution in [0.4, 0.5) is 0 Å². The first-order valence-electron chi connectivity index (χ1n) is 11.2. The number of aryl methyl sites for hydroxylation is 1. The molecule has 2 aromatic heterocycles. The number of carbonyl (C=O) groups excluding carboxylic acids is 1. The van der Waals surface area contributed by atoms with Gasteiger partial charge in [0.2, 0.25) is 0 Å². The molecule has 4 rings (SSSR count). The molecule has 2 heterocycles. The predicted molar refractivity (Wildman–Crippen MR) is 151 cm³/mol. The minimum Gasteiger partial charge on any atom is -0.490 e. The first-order valence-corrected chi connectivity index (χ1v) is 15.6. The molecule has 1 atom stereocenters. The number of hydrogen-bond donors (Lipinski definition) is 0. The SMILES string of the molecule is Cn1c(=O)n(CCOPI)c(=O)c2c1nc(OCCOc1cccc(C=O)c1)n2Cc1ccc(Cl)cc1. The maximum atomic E-state index is 13.5. The highest BCUT2D eigenvalue weighted by molar-refractivity contribution is 14.2. The quantitative estimate of drug-likeness (QED) is 0.0988. The van der Waals surface area contributed by atoms with Gasteiger partial charge in [-0.3, -0.25) is 23.3 Å². The highest BCUT2D eigenvalue weighted by Crippen LogP contribution is 2.22. The Morgan fingerprint density at radius 1 is 1.05 bits per heavy atom. The summed E-state index contributed by atoms with van der Waals surface area (Å²) in [5.41, 5.74) is 0.861.